The number of benzene rings is 1. The molecule has 0 fully saturated rings. The SMILES string of the molecule is CCC(Cc1c[nH]c2ccc(C)cc12)C(C)=O. The van der Waals surface area contributed by atoms with E-state index in [0.717, 1.165) is 18.4 Å². The molecule has 1 unspecified atom stereocenters. The lowest BCUT2D eigenvalue weighted by molar-refractivity contribution is -0.120. The minimum absolute atomic E-state index is 0.148. The van der Waals surface area contributed by atoms with Crippen molar-refractivity contribution in [2.75, 3.05) is 0 Å². The third-order valence-corrected chi connectivity index (χ3v) is 3.46. The molecular formula is C15H19NO. The molecule has 0 saturated heterocycles. The molecule has 0 aliphatic carbocycles. The van der Waals surface area contributed by atoms with Crippen LogP contribution in [0.3, 0.4) is 0 Å². The lowest BCUT2D eigenvalue weighted by atomic mass is 9.93. The van der Waals surface area contributed by atoms with Gasteiger partial charge in [-0.25, -0.2) is 0 Å². The lowest BCUT2D eigenvalue weighted by Gasteiger charge is -2.10. The first kappa shape index (κ1) is 11.9. The number of fused-ring (bicyclic) bond motifs is 1. The van der Waals surface area contributed by atoms with Crippen molar-refractivity contribution in [1.29, 1.82) is 0 Å². The summed E-state index contributed by atoms with van der Waals surface area (Å²) >= 11 is 0. The number of H-pyrrole nitrogens is 1. The van der Waals surface area contributed by atoms with Crippen molar-refractivity contribution in [3.63, 3.8) is 0 Å². The highest BCUT2D eigenvalue weighted by Crippen LogP contribution is 2.23. The highest BCUT2D eigenvalue weighted by atomic mass is 16.1. The highest BCUT2D eigenvalue weighted by molar-refractivity contribution is 5.85. The van der Waals surface area contributed by atoms with Gasteiger partial charge in [-0.05, 0) is 44.4 Å². The van der Waals surface area contributed by atoms with E-state index < -0.39 is 0 Å². The summed E-state index contributed by atoms with van der Waals surface area (Å²) in [6, 6.07) is 6.39. The standard InChI is InChI=1S/C15H19NO/c1-4-12(11(3)17)8-13-9-16-15-6-5-10(2)7-14(13)15/h5-7,9,12,16H,4,8H2,1-3H3. The maximum Gasteiger partial charge on any atom is 0.133 e. The smallest absolute Gasteiger partial charge is 0.133 e. The predicted molar refractivity (Wildman–Crippen MR) is 71.2 cm³/mol. The van der Waals surface area contributed by atoms with Crippen LogP contribution in [0.1, 0.15) is 31.4 Å². The fourth-order valence-corrected chi connectivity index (χ4v) is 2.30. The number of aromatic nitrogens is 1. The number of aryl methyl sites for hydroxylation is 1. The van der Waals surface area contributed by atoms with Gasteiger partial charge >= 0.3 is 0 Å². The first-order chi connectivity index (χ1) is 8.11. The third kappa shape index (κ3) is 2.41. The van der Waals surface area contributed by atoms with Crippen molar-refractivity contribution in [1.82, 2.24) is 4.98 Å². The largest absolute Gasteiger partial charge is 0.361 e. The molecule has 1 aromatic heterocycles. The zero-order chi connectivity index (χ0) is 12.4. The molecule has 90 valence electrons. The van der Waals surface area contributed by atoms with Gasteiger partial charge in [0.25, 0.3) is 0 Å². The van der Waals surface area contributed by atoms with Gasteiger partial charge in [-0.15, -0.1) is 0 Å². The first-order valence-electron chi connectivity index (χ1n) is 6.19. The Bertz CT molecular complexity index is 539. The summed E-state index contributed by atoms with van der Waals surface area (Å²) in [5, 5.41) is 1.25. The summed E-state index contributed by atoms with van der Waals surface area (Å²) in [4.78, 5) is 14.8. The minimum Gasteiger partial charge on any atom is -0.361 e. The topological polar surface area (TPSA) is 32.9 Å². The molecule has 1 heterocycles. The molecule has 1 atom stereocenters. The number of hydrogen-bond donors (Lipinski definition) is 1. The quantitative estimate of drug-likeness (QED) is 0.853. The van der Waals surface area contributed by atoms with Gasteiger partial charge in [0.2, 0.25) is 0 Å². The van der Waals surface area contributed by atoms with Gasteiger partial charge in [-0.1, -0.05) is 18.6 Å². The number of carbonyl (C=O) groups is 1. The van der Waals surface area contributed by atoms with Gasteiger partial charge in [-0.3, -0.25) is 4.79 Å². The van der Waals surface area contributed by atoms with Crippen LogP contribution in [0.2, 0.25) is 0 Å². The van der Waals surface area contributed by atoms with Gasteiger partial charge in [-0.2, -0.15) is 0 Å². The summed E-state index contributed by atoms with van der Waals surface area (Å²) in [7, 11) is 0. The zero-order valence-electron chi connectivity index (χ0n) is 10.7. The molecule has 17 heavy (non-hydrogen) atoms. The molecule has 0 bridgehead atoms. The molecule has 1 N–H and O–H groups in total. The highest BCUT2D eigenvalue weighted by Gasteiger charge is 2.14. The second-order valence-corrected chi connectivity index (χ2v) is 4.78. The second-order valence-electron chi connectivity index (χ2n) is 4.78. The maximum absolute atomic E-state index is 11.5. The third-order valence-electron chi connectivity index (χ3n) is 3.46. The second kappa shape index (κ2) is 4.74. The Labute approximate surface area is 102 Å². The van der Waals surface area contributed by atoms with Gasteiger partial charge < -0.3 is 4.98 Å². The number of rotatable bonds is 4. The van der Waals surface area contributed by atoms with Crippen molar-refractivity contribution in [2.45, 2.75) is 33.6 Å². The average Bonchev–Trinajstić information content (AvgIpc) is 2.68. The molecule has 2 nitrogen and oxygen atoms in total. The molecule has 0 aliphatic rings. The summed E-state index contributed by atoms with van der Waals surface area (Å²) in [6.07, 6.45) is 3.79. The van der Waals surface area contributed by atoms with Crippen LogP contribution in [0, 0.1) is 12.8 Å². The van der Waals surface area contributed by atoms with Crippen molar-refractivity contribution in [3.8, 4) is 0 Å². The van der Waals surface area contributed by atoms with Gasteiger partial charge in [0.05, 0.1) is 0 Å². The molecule has 2 heteroatoms. The van der Waals surface area contributed by atoms with Gasteiger partial charge in [0.15, 0.2) is 0 Å². The van der Waals surface area contributed by atoms with Crippen molar-refractivity contribution in [3.05, 3.63) is 35.5 Å². The lowest BCUT2D eigenvalue weighted by Crippen LogP contribution is -2.12. The molecule has 0 spiro atoms. The molecule has 2 aromatic rings. The zero-order valence-corrected chi connectivity index (χ0v) is 10.7. The normalized spacial score (nSPS) is 12.9. The van der Waals surface area contributed by atoms with Crippen LogP contribution in [-0.4, -0.2) is 10.8 Å². The molecule has 0 aliphatic heterocycles. The number of ketones is 1. The molecule has 0 saturated carbocycles. The Kier molecular flexibility index (Phi) is 3.32. The maximum atomic E-state index is 11.5. The van der Waals surface area contributed by atoms with E-state index in [-0.39, 0.29) is 11.7 Å². The van der Waals surface area contributed by atoms with E-state index in [9.17, 15) is 4.79 Å². The summed E-state index contributed by atoms with van der Waals surface area (Å²) in [5.74, 6) is 0.434. The van der Waals surface area contributed by atoms with E-state index in [4.69, 9.17) is 0 Å². The summed E-state index contributed by atoms with van der Waals surface area (Å²) < 4.78 is 0. The molecular weight excluding hydrogens is 210 g/mol. The van der Waals surface area contributed by atoms with E-state index in [1.165, 1.54) is 16.5 Å². The van der Waals surface area contributed by atoms with Gasteiger partial charge in [0, 0.05) is 23.0 Å². The average molecular weight is 229 g/mol. The first-order valence-corrected chi connectivity index (χ1v) is 6.19. The molecule has 0 amide bonds. The van der Waals surface area contributed by atoms with E-state index in [0.29, 0.717) is 0 Å². The van der Waals surface area contributed by atoms with Crippen LogP contribution in [0.4, 0.5) is 0 Å². The van der Waals surface area contributed by atoms with E-state index in [2.05, 4.69) is 37.0 Å². The summed E-state index contributed by atoms with van der Waals surface area (Å²) in [6.45, 7) is 5.86. The molecule has 2 rings (SSSR count). The van der Waals surface area contributed by atoms with Gasteiger partial charge in [0.1, 0.15) is 5.78 Å². The van der Waals surface area contributed by atoms with Crippen molar-refractivity contribution < 1.29 is 4.79 Å². The number of nitrogens with one attached hydrogen (secondary N) is 1. The fraction of sp³-hybridized carbons (Fsp3) is 0.400. The number of carbonyl (C=O) groups excluding carboxylic acids is 1. The Balaban J connectivity index is 2.35. The molecule has 1 aromatic carbocycles. The van der Waals surface area contributed by atoms with Crippen molar-refractivity contribution in [2.24, 2.45) is 5.92 Å². The predicted octanol–water partition coefficient (Wildman–Crippen LogP) is 3.63. The monoisotopic (exact) mass is 229 g/mol. The van der Waals surface area contributed by atoms with Crippen LogP contribution in [0.15, 0.2) is 24.4 Å². The van der Waals surface area contributed by atoms with E-state index in [1.54, 1.807) is 6.92 Å². The van der Waals surface area contributed by atoms with Crippen LogP contribution in [0.5, 0.6) is 0 Å². The van der Waals surface area contributed by atoms with Crippen molar-refractivity contribution >= 4 is 16.7 Å². The van der Waals surface area contributed by atoms with Crippen LogP contribution in [0.25, 0.3) is 10.9 Å². The Morgan fingerprint density at radius 2 is 2.18 bits per heavy atom. The van der Waals surface area contributed by atoms with E-state index in [1.807, 2.05) is 6.20 Å². The Hall–Kier alpha value is -1.57. The van der Waals surface area contributed by atoms with E-state index >= 15 is 0 Å². The Morgan fingerprint density at radius 1 is 1.41 bits per heavy atom. The number of Topliss-reactive ketones (excluding diaryl/α,β-unsaturated/α-hetero) is 1. The Morgan fingerprint density at radius 3 is 2.82 bits per heavy atom. The summed E-state index contributed by atoms with van der Waals surface area (Å²) in [5.41, 5.74) is 3.67. The number of hydrogen-bond acceptors (Lipinski definition) is 1. The van der Waals surface area contributed by atoms with Crippen LogP contribution in [-0.2, 0) is 11.2 Å². The fourth-order valence-electron chi connectivity index (χ4n) is 2.30. The van der Waals surface area contributed by atoms with Crippen LogP contribution < -0.4 is 0 Å². The van der Waals surface area contributed by atoms with Crippen LogP contribution >= 0.6 is 0 Å². The number of aromatic amines is 1. The molecule has 0 radical (unpaired) electrons. The minimum atomic E-state index is 0.148.